The van der Waals surface area contributed by atoms with Crippen LogP contribution < -0.4 is 4.90 Å². The zero-order valence-corrected chi connectivity index (χ0v) is 24.2. The first-order chi connectivity index (χ1) is 18.2. The Bertz CT molecular complexity index is 1420. The fraction of sp³-hybridized carbons (Fsp3) is 0.143. The summed E-state index contributed by atoms with van der Waals surface area (Å²) in [6.45, 7) is 6.52. The van der Waals surface area contributed by atoms with E-state index in [2.05, 4.69) is 140 Å². The Labute approximate surface area is 236 Å². The van der Waals surface area contributed by atoms with E-state index in [1.54, 1.807) is 0 Å². The van der Waals surface area contributed by atoms with Crippen LogP contribution in [0.5, 0.6) is 0 Å². The van der Waals surface area contributed by atoms with Crippen LogP contribution in [0.4, 0.5) is 5.69 Å². The monoisotopic (exact) mass is 557 g/mol. The predicted molar refractivity (Wildman–Crippen MR) is 158 cm³/mol. The van der Waals surface area contributed by atoms with Gasteiger partial charge in [0.05, 0.1) is 0 Å². The van der Waals surface area contributed by atoms with E-state index in [1.807, 2.05) is 12.2 Å². The zero-order valence-electron chi connectivity index (χ0n) is 21.7. The molecule has 5 aromatic rings. The molecule has 0 unspecified atom stereocenters. The number of allylic oxidation sites excluding steroid dienone is 4. The molecule has 37 heavy (non-hydrogen) atoms. The molecule has 0 aromatic heterocycles. The molecule has 0 bridgehead atoms. The van der Waals surface area contributed by atoms with Crippen molar-refractivity contribution < 1.29 is 24.2 Å². The van der Waals surface area contributed by atoms with Crippen molar-refractivity contribution in [1.29, 1.82) is 0 Å². The van der Waals surface area contributed by atoms with Crippen molar-refractivity contribution in [2.24, 2.45) is 0 Å². The van der Waals surface area contributed by atoms with E-state index in [0.29, 0.717) is 0 Å². The second kappa shape index (κ2) is 13.9. The number of hydrogen-bond donors (Lipinski definition) is 0. The van der Waals surface area contributed by atoms with Crippen LogP contribution in [0.3, 0.4) is 0 Å². The van der Waals surface area contributed by atoms with E-state index < -0.39 is 0 Å². The summed E-state index contributed by atoms with van der Waals surface area (Å²) in [6, 6.07) is 38.8. The van der Waals surface area contributed by atoms with Gasteiger partial charge in [0.1, 0.15) is 0 Å². The molecule has 0 amide bonds. The minimum atomic E-state index is 1.01. The van der Waals surface area contributed by atoms with Gasteiger partial charge in [0, 0.05) is 18.8 Å². The molecular formula is C35H33NZr. The van der Waals surface area contributed by atoms with Crippen molar-refractivity contribution in [1.82, 2.24) is 0 Å². The summed E-state index contributed by atoms with van der Waals surface area (Å²) in [5.74, 6) is 0. The van der Waals surface area contributed by atoms with E-state index >= 15 is 0 Å². The van der Waals surface area contributed by atoms with Gasteiger partial charge in [0.2, 0.25) is 0 Å². The third kappa shape index (κ3) is 7.18. The Morgan fingerprint density at radius 2 is 1.35 bits per heavy atom. The standard InChI is InChI=1S/C17H18N.C13H10.C5H5.Zr/c1-3-18(4-2)15-9-10-17-14(12-15)11-13-7-5-6-8-16(13)17;1-3-7-12(8-4-1)11-13-9-5-2-6-10-13;1-2-4-5-3-1;/h5-12H,3-4H2,1-2H3;1-10H;1-3H,4H2;/q-1;;-1;+2. The Morgan fingerprint density at radius 3 is 1.89 bits per heavy atom. The van der Waals surface area contributed by atoms with E-state index in [0.717, 1.165) is 19.5 Å². The van der Waals surface area contributed by atoms with E-state index in [1.165, 1.54) is 65.8 Å². The Hall–Kier alpha value is -3.22. The van der Waals surface area contributed by atoms with Crippen molar-refractivity contribution in [3.05, 3.63) is 145 Å². The second-order valence-corrected chi connectivity index (χ2v) is 10.0. The maximum absolute atomic E-state index is 2.99. The van der Waals surface area contributed by atoms with Gasteiger partial charge < -0.3 is 4.90 Å². The van der Waals surface area contributed by atoms with Gasteiger partial charge >= 0.3 is 99.2 Å². The third-order valence-corrected chi connectivity index (χ3v) is 7.86. The molecule has 0 heterocycles. The number of fused-ring (bicyclic) bond motifs is 3. The molecule has 1 aliphatic carbocycles. The van der Waals surface area contributed by atoms with Crippen molar-refractivity contribution in [3.63, 3.8) is 0 Å². The van der Waals surface area contributed by atoms with Crippen LogP contribution in [0.15, 0.2) is 127 Å². The maximum atomic E-state index is 2.99. The summed E-state index contributed by atoms with van der Waals surface area (Å²) in [5, 5.41) is 5.41. The fourth-order valence-electron chi connectivity index (χ4n) is 4.45. The molecule has 0 saturated carbocycles. The number of anilines is 1. The van der Waals surface area contributed by atoms with Crippen LogP contribution >= 0.6 is 0 Å². The number of hydrogen-bond acceptors (Lipinski definition) is 1. The van der Waals surface area contributed by atoms with Crippen LogP contribution in [0.1, 0.15) is 31.4 Å². The normalized spacial score (nSPS) is 11.6. The van der Waals surface area contributed by atoms with Crippen molar-refractivity contribution in [2.45, 2.75) is 20.3 Å². The molecule has 1 aliphatic rings. The molecule has 2 heteroatoms. The van der Waals surface area contributed by atoms with Crippen molar-refractivity contribution in [2.75, 3.05) is 18.0 Å². The van der Waals surface area contributed by atoms with Crippen molar-refractivity contribution >= 4 is 30.4 Å². The van der Waals surface area contributed by atoms with Gasteiger partial charge in [-0.2, -0.15) is 6.08 Å². The van der Waals surface area contributed by atoms with Crippen LogP contribution in [0.25, 0.3) is 21.5 Å². The molecule has 0 atom stereocenters. The minimum absolute atomic E-state index is 1.01. The Morgan fingerprint density at radius 1 is 0.757 bits per heavy atom. The summed E-state index contributed by atoms with van der Waals surface area (Å²) in [6.07, 6.45) is 10.0. The molecule has 0 spiro atoms. The molecule has 6 rings (SSSR count). The van der Waals surface area contributed by atoms with Gasteiger partial charge in [-0.3, -0.25) is 6.08 Å². The van der Waals surface area contributed by atoms with Gasteiger partial charge in [-0.05, 0) is 13.8 Å². The van der Waals surface area contributed by atoms with Gasteiger partial charge in [-0.25, -0.2) is 12.2 Å². The zero-order chi connectivity index (χ0) is 25.9. The van der Waals surface area contributed by atoms with Crippen LogP contribution in [-0.4, -0.2) is 16.3 Å². The molecule has 0 saturated heterocycles. The van der Waals surface area contributed by atoms with E-state index in [-0.39, 0.29) is 0 Å². The van der Waals surface area contributed by atoms with Crippen LogP contribution in [0, 0.1) is 6.08 Å². The summed E-state index contributed by atoms with van der Waals surface area (Å²) >= 11 is 1.46. The van der Waals surface area contributed by atoms with E-state index in [4.69, 9.17) is 0 Å². The first-order valence-corrected chi connectivity index (χ1v) is 14.2. The van der Waals surface area contributed by atoms with Crippen LogP contribution in [-0.2, 0) is 24.2 Å². The topological polar surface area (TPSA) is 3.24 Å². The first kappa shape index (κ1) is 26.8. The third-order valence-electron chi connectivity index (χ3n) is 6.44. The average molecular weight is 559 g/mol. The molecule has 0 aliphatic heterocycles. The SMILES string of the molecule is CCN(CC)c1ccc2c(c1)[cH-]c1ccccc12.[C-]1=CC=CC1.[Zr+2]=[C](c1ccccc1)c1ccccc1. The molecule has 0 fully saturated rings. The second-order valence-electron chi connectivity index (χ2n) is 8.79. The summed E-state index contributed by atoms with van der Waals surface area (Å²) in [7, 11) is 0. The molecule has 1 nitrogen and oxygen atoms in total. The fourth-order valence-corrected chi connectivity index (χ4v) is 5.27. The van der Waals surface area contributed by atoms with Gasteiger partial charge in [0.25, 0.3) is 0 Å². The number of benzene rings is 4. The van der Waals surface area contributed by atoms with Crippen LogP contribution in [0.2, 0.25) is 0 Å². The predicted octanol–water partition coefficient (Wildman–Crippen LogP) is 8.67. The Kier molecular flexibility index (Phi) is 10.1. The summed E-state index contributed by atoms with van der Waals surface area (Å²) in [5.41, 5.74) is 3.98. The number of rotatable bonds is 5. The summed E-state index contributed by atoms with van der Waals surface area (Å²) in [4.78, 5) is 2.39. The van der Waals surface area contributed by atoms with Gasteiger partial charge in [0.15, 0.2) is 0 Å². The van der Waals surface area contributed by atoms with Crippen molar-refractivity contribution in [3.8, 4) is 0 Å². The quantitative estimate of drug-likeness (QED) is 0.195. The first-order valence-electron chi connectivity index (χ1n) is 13.0. The van der Waals surface area contributed by atoms with Gasteiger partial charge in [-0.15, -0.1) is 40.1 Å². The average Bonchev–Trinajstić information content (AvgIpc) is 3.67. The Balaban J connectivity index is 0.000000149. The molecule has 5 aromatic carbocycles. The summed E-state index contributed by atoms with van der Waals surface area (Å²) < 4.78 is 1.42. The van der Waals surface area contributed by atoms with Gasteiger partial charge in [-0.1, -0.05) is 36.4 Å². The number of nitrogens with zero attached hydrogens (tertiary/aromatic N) is 1. The molecular weight excluding hydrogens is 526 g/mol. The molecule has 0 radical (unpaired) electrons. The molecule has 182 valence electrons. The van der Waals surface area contributed by atoms with E-state index in [9.17, 15) is 0 Å². The molecule has 0 N–H and O–H groups in total.